The van der Waals surface area contributed by atoms with Crippen LogP contribution in [0.25, 0.3) is 0 Å². The fraction of sp³-hybridized carbons (Fsp3) is 0.158. The number of anilines is 2. The lowest BCUT2D eigenvalue weighted by atomic mass is 10.1. The first-order valence-corrected chi connectivity index (χ1v) is 7.59. The number of nitrogens with zero attached hydrogens (tertiary/aromatic N) is 1. The number of nitrogens with one attached hydrogen (secondary N) is 2. The highest BCUT2D eigenvalue weighted by Gasteiger charge is 2.09. The minimum Gasteiger partial charge on any atom is -0.326 e. The first-order chi connectivity index (χ1) is 11.1. The van der Waals surface area contributed by atoms with Gasteiger partial charge >= 0.3 is 0 Å². The maximum atomic E-state index is 12.4. The van der Waals surface area contributed by atoms with E-state index >= 15 is 0 Å². The van der Waals surface area contributed by atoms with Gasteiger partial charge in [-0.3, -0.25) is 9.78 Å². The Kier molecular flexibility index (Phi) is 4.24. The third-order valence-corrected chi connectivity index (χ3v) is 3.73. The Morgan fingerprint density at radius 1 is 1.04 bits per heavy atom. The third-order valence-electron chi connectivity index (χ3n) is 3.73. The third kappa shape index (κ3) is 3.66. The van der Waals surface area contributed by atoms with Crippen LogP contribution in [0.2, 0.25) is 0 Å². The maximum absolute atomic E-state index is 12.4. The summed E-state index contributed by atoms with van der Waals surface area (Å²) in [6, 6.07) is 17.9. The van der Waals surface area contributed by atoms with E-state index in [1.807, 2.05) is 68.4 Å². The smallest absolute Gasteiger partial charge is 0.256 e. The second kappa shape index (κ2) is 6.48. The van der Waals surface area contributed by atoms with Crippen LogP contribution in [0.4, 0.5) is 11.6 Å². The van der Waals surface area contributed by atoms with E-state index in [1.165, 1.54) is 0 Å². The lowest BCUT2D eigenvalue weighted by Gasteiger charge is -2.09. The van der Waals surface area contributed by atoms with Crippen molar-refractivity contribution in [3.63, 3.8) is 0 Å². The molecule has 0 spiro atoms. The highest BCUT2D eigenvalue weighted by Crippen LogP contribution is 2.15. The van der Waals surface area contributed by atoms with E-state index in [4.69, 9.17) is 0 Å². The molecule has 3 rings (SSSR count). The standard InChI is InChI=1S/C19H19N3O/c1-13-7-6-10-16(11-13)21-19-20-14(2)17(18(23)22-19)12-15-8-4-3-5-9-15/h3-11H,12H2,1-2H3,(H2,20,21,22,23). The average molecular weight is 305 g/mol. The molecule has 23 heavy (non-hydrogen) atoms. The molecule has 0 radical (unpaired) electrons. The van der Waals surface area contributed by atoms with Crippen molar-refractivity contribution in [3.05, 3.63) is 87.3 Å². The molecular formula is C19H19N3O. The van der Waals surface area contributed by atoms with Gasteiger partial charge in [0.25, 0.3) is 5.56 Å². The Morgan fingerprint density at radius 3 is 2.52 bits per heavy atom. The van der Waals surface area contributed by atoms with Gasteiger partial charge in [-0.25, -0.2) is 4.98 Å². The van der Waals surface area contributed by atoms with Crippen molar-refractivity contribution < 1.29 is 0 Å². The van der Waals surface area contributed by atoms with E-state index in [9.17, 15) is 4.79 Å². The van der Waals surface area contributed by atoms with Crippen molar-refractivity contribution in [1.29, 1.82) is 0 Å². The minimum atomic E-state index is -0.100. The summed E-state index contributed by atoms with van der Waals surface area (Å²) < 4.78 is 0. The molecule has 1 heterocycles. The summed E-state index contributed by atoms with van der Waals surface area (Å²) in [6.45, 7) is 3.89. The van der Waals surface area contributed by atoms with Gasteiger partial charge in [0.1, 0.15) is 0 Å². The van der Waals surface area contributed by atoms with Crippen LogP contribution >= 0.6 is 0 Å². The van der Waals surface area contributed by atoms with Crippen LogP contribution < -0.4 is 10.9 Å². The SMILES string of the molecule is Cc1cccc(Nc2nc(C)c(Cc3ccccc3)c(=O)[nH]2)c1. The summed E-state index contributed by atoms with van der Waals surface area (Å²) in [5, 5.41) is 3.15. The molecule has 0 atom stereocenters. The average Bonchev–Trinajstić information content (AvgIpc) is 2.52. The van der Waals surface area contributed by atoms with Gasteiger partial charge in [0.15, 0.2) is 0 Å². The van der Waals surface area contributed by atoms with E-state index in [1.54, 1.807) is 0 Å². The van der Waals surface area contributed by atoms with Crippen LogP contribution in [0.3, 0.4) is 0 Å². The Labute approximate surface area is 135 Å². The van der Waals surface area contributed by atoms with E-state index < -0.39 is 0 Å². The largest absolute Gasteiger partial charge is 0.326 e. The Bertz CT molecular complexity index is 869. The molecule has 0 bridgehead atoms. The number of aromatic nitrogens is 2. The number of H-pyrrole nitrogens is 1. The Balaban J connectivity index is 1.87. The van der Waals surface area contributed by atoms with Gasteiger partial charge in [-0.1, -0.05) is 42.5 Å². The lowest BCUT2D eigenvalue weighted by Crippen LogP contribution is -2.18. The summed E-state index contributed by atoms with van der Waals surface area (Å²) in [6.07, 6.45) is 0.583. The first kappa shape index (κ1) is 15.0. The number of aryl methyl sites for hydroxylation is 2. The summed E-state index contributed by atoms with van der Waals surface area (Å²) in [5.74, 6) is 0.468. The normalized spacial score (nSPS) is 10.5. The van der Waals surface area contributed by atoms with Crippen molar-refractivity contribution >= 4 is 11.6 Å². The minimum absolute atomic E-state index is 0.100. The van der Waals surface area contributed by atoms with Gasteiger partial charge in [0, 0.05) is 17.7 Å². The summed E-state index contributed by atoms with van der Waals surface area (Å²) in [7, 11) is 0. The number of benzene rings is 2. The van der Waals surface area contributed by atoms with Gasteiger partial charge in [0.05, 0.1) is 5.69 Å². The van der Waals surface area contributed by atoms with E-state index in [0.717, 1.165) is 22.5 Å². The number of rotatable bonds is 4. The molecule has 0 aliphatic carbocycles. The summed E-state index contributed by atoms with van der Waals surface area (Å²) >= 11 is 0. The molecule has 2 N–H and O–H groups in total. The van der Waals surface area contributed by atoms with Gasteiger partial charge in [0.2, 0.25) is 5.95 Å². The molecule has 116 valence electrons. The molecular weight excluding hydrogens is 286 g/mol. The lowest BCUT2D eigenvalue weighted by molar-refractivity contribution is 0.986. The van der Waals surface area contributed by atoms with E-state index in [2.05, 4.69) is 15.3 Å². The fourth-order valence-corrected chi connectivity index (χ4v) is 2.54. The van der Waals surface area contributed by atoms with E-state index in [-0.39, 0.29) is 5.56 Å². The first-order valence-electron chi connectivity index (χ1n) is 7.59. The van der Waals surface area contributed by atoms with Crippen molar-refractivity contribution in [2.75, 3.05) is 5.32 Å². The molecule has 0 fully saturated rings. The molecule has 3 aromatic rings. The fourth-order valence-electron chi connectivity index (χ4n) is 2.54. The van der Waals surface area contributed by atoms with Crippen LogP contribution in [0.1, 0.15) is 22.4 Å². The zero-order chi connectivity index (χ0) is 16.2. The van der Waals surface area contributed by atoms with Crippen molar-refractivity contribution in [2.24, 2.45) is 0 Å². The molecule has 0 aliphatic heterocycles. The van der Waals surface area contributed by atoms with Gasteiger partial charge < -0.3 is 5.32 Å². The van der Waals surface area contributed by atoms with Gasteiger partial charge in [-0.15, -0.1) is 0 Å². The van der Waals surface area contributed by atoms with Crippen molar-refractivity contribution in [3.8, 4) is 0 Å². The van der Waals surface area contributed by atoms with E-state index in [0.29, 0.717) is 17.9 Å². The summed E-state index contributed by atoms with van der Waals surface area (Å²) in [5.41, 5.74) is 4.50. The number of aromatic amines is 1. The Morgan fingerprint density at radius 2 is 1.83 bits per heavy atom. The summed E-state index contributed by atoms with van der Waals surface area (Å²) in [4.78, 5) is 19.7. The zero-order valence-corrected chi connectivity index (χ0v) is 13.3. The van der Waals surface area contributed by atoms with Crippen molar-refractivity contribution in [2.45, 2.75) is 20.3 Å². The molecule has 4 nitrogen and oxygen atoms in total. The number of hydrogen-bond donors (Lipinski definition) is 2. The van der Waals surface area contributed by atoms with Crippen LogP contribution in [-0.4, -0.2) is 9.97 Å². The topological polar surface area (TPSA) is 57.8 Å². The van der Waals surface area contributed by atoms with Gasteiger partial charge in [-0.05, 0) is 37.1 Å². The predicted molar refractivity (Wildman–Crippen MR) is 93.3 cm³/mol. The van der Waals surface area contributed by atoms with Crippen LogP contribution in [-0.2, 0) is 6.42 Å². The number of hydrogen-bond acceptors (Lipinski definition) is 3. The predicted octanol–water partition coefficient (Wildman–Crippen LogP) is 3.72. The molecule has 1 aromatic heterocycles. The monoisotopic (exact) mass is 305 g/mol. The second-order valence-electron chi connectivity index (χ2n) is 5.64. The molecule has 0 saturated heterocycles. The zero-order valence-electron chi connectivity index (χ0n) is 13.3. The molecule has 4 heteroatoms. The molecule has 0 aliphatic rings. The highest BCUT2D eigenvalue weighted by molar-refractivity contribution is 5.54. The molecule has 0 unspecified atom stereocenters. The van der Waals surface area contributed by atoms with Crippen molar-refractivity contribution in [1.82, 2.24) is 9.97 Å². The van der Waals surface area contributed by atoms with Gasteiger partial charge in [-0.2, -0.15) is 0 Å². The van der Waals surface area contributed by atoms with Crippen LogP contribution in [0.5, 0.6) is 0 Å². The molecule has 0 saturated carbocycles. The van der Waals surface area contributed by atoms with Crippen LogP contribution in [0.15, 0.2) is 59.4 Å². The second-order valence-corrected chi connectivity index (χ2v) is 5.64. The molecule has 2 aromatic carbocycles. The quantitative estimate of drug-likeness (QED) is 0.772. The highest BCUT2D eigenvalue weighted by atomic mass is 16.1. The molecule has 0 amide bonds. The Hall–Kier alpha value is -2.88. The maximum Gasteiger partial charge on any atom is 0.256 e. The van der Waals surface area contributed by atoms with Crippen LogP contribution in [0, 0.1) is 13.8 Å².